The fourth-order valence-electron chi connectivity index (χ4n) is 4.16. The van der Waals surface area contributed by atoms with Crippen molar-refractivity contribution in [1.29, 1.82) is 0 Å². The van der Waals surface area contributed by atoms with E-state index in [4.69, 9.17) is 4.74 Å². The Morgan fingerprint density at radius 1 is 0.727 bits per heavy atom. The number of hydrogen-bond donors (Lipinski definition) is 1. The van der Waals surface area contributed by atoms with E-state index in [9.17, 15) is 0 Å². The average Bonchev–Trinajstić information content (AvgIpc) is 2.88. The first-order valence-electron chi connectivity index (χ1n) is 11.7. The van der Waals surface area contributed by atoms with Crippen molar-refractivity contribution in [1.82, 2.24) is 10.3 Å². The van der Waals surface area contributed by atoms with Crippen LogP contribution in [-0.4, -0.2) is 17.6 Å². The number of benzene rings is 3. The monoisotopic (exact) mass is 436 g/mol. The summed E-state index contributed by atoms with van der Waals surface area (Å²) in [5.41, 5.74) is 5.19. The molecule has 168 valence electrons. The predicted octanol–water partition coefficient (Wildman–Crippen LogP) is 6.40. The van der Waals surface area contributed by atoms with E-state index < -0.39 is 0 Å². The lowest BCUT2D eigenvalue weighted by molar-refractivity contribution is 0.306. The lowest BCUT2D eigenvalue weighted by Gasteiger charge is -2.20. The van der Waals surface area contributed by atoms with Crippen LogP contribution in [0.15, 0.2) is 109 Å². The fourth-order valence-corrected chi connectivity index (χ4v) is 4.16. The molecule has 1 aromatic heterocycles. The van der Waals surface area contributed by atoms with Crippen LogP contribution >= 0.6 is 0 Å². The molecule has 0 amide bonds. The molecule has 0 radical (unpaired) electrons. The summed E-state index contributed by atoms with van der Waals surface area (Å²) in [6.07, 6.45) is 5.64. The van der Waals surface area contributed by atoms with Crippen LogP contribution in [0, 0.1) is 0 Å². The van der Waals surface area contributed by atoms with Crippen LogP contribution in [0.2, 0.25) is 0 Å². The van der Waals surface area contributed by atoms with E-state index in [1.165, 1.54) is 16.7 Å². The first kappa shape index (κ1) is 22.8. The highest BCUT2D eigenvalue weighted by Crippen LogP contribution is 2.27. The van der Waals surface area contributed by atoms with E-state index >= 15 is 0 Å². The number of rotatable bonds is 11. The molecule has 0 spiro atoms. The van der Waals surface area contributed by atoms with Gasteiger partial charge in [0.1, 0.15) is 12.4 Å². The Labute approximate surface area is 197 Å². The molecule has 3 heteroatoms. The van der Waals surface area contributed by atoms with Crippen molar-refractivity contribution in [3.8, 4) is 5.75 Å². The van der Waals surface area contributed by atoms with E-state index in [2.05, 4.69) is 102 Å². The summed E-state index contributed by atoms with van der Waals surface area (Å²) >= 11 is 0. The van der Waals surface area contributed by atoms with E-state index in [1.807, 2.05) is 12.1 Å². The molecule has 3 aromatic carbocycles. The maximum Gasteiger partial charge on any atom is 0.119 e. The summed E-state index contributed by atoms with van der Waals surface area (Å²) in [5, 5.41) is 3.73. The van der Waals surface area contributed by atoms with Gasteiger partial charge in [-0.2, -0.15) is 0 Å². The molecule has 0 fully saturated rings. The molecule has 4 rings (SSSR count). The Balaban J connectivity index is 1.26. The molecule has 0 bridgehead atoms. The van der Waals surface area contributed by atoms with Gasteiger partial charge >= 0.3 is 0 Å². The topological polar surface area (TPSA) is 34.1 Å². The lowest BCUT2D eigenvalue weighted by atomic mass is 9.88. The molecular weight excluding hydrogens is 404 g/mol. The molecule has 4 aromatic rings. The fraction of sp³-hybridized carbons (Fsp3) is 0.233. The minimum absolute atomic E-state index is 0.404. The Kier molecular flexibility index (Phi) is 8.26. The highest BCUT2D eigenvalue weighted by atomic mass is 16.5. The van der Waals surface area contributed by atoms with Crippen molar-refractivity contribution in [3.63, 3.8) is 0 Å². The van der Waals surface area contributed by atoms with Crippen LogP contribution in [0.4, 0.5) is 0 Å². The Morgan fingerprint density at radius 2 is 1.33 bits per heavy atom. The van der Waals surface area contributed by atoms with Crippen molar-refractivity contribution in [2.75, 3.05) is 6.54 Å². The zero-order chi connectivity index (χ0) is 22.7. The molecule has 0 saturated carbocycles. The molecule has 3 nitrogen and oxygen atoms in total. The van der Waals surface area contributed by atoms with Gasteiger partial charge in [-0.15, -0.1) is 0 Å². The average molecular weight is 437 g/mol. The van der Waals surface area contributed by atoms with Crippen LogP contribution in [0.1, 0.15) is 41.5 Å². The second-order valence-corrected chi connectivity index (χ2v) is 8.51. The first-order chi connectivity index (χ1) is 16.3. The van der Waals surface area contributed by atoms with Crippen LogP contribution in [0.3, 0.4) is 0 Å². The normalized spacial score (nSPS) is 11.9. The molecule has 1 N–H and O–H groups in total. The minimum atomic E-state index is 0.404. The van der Waals surface area contributed by atoms with Crippen molar-refractivity contribution in [3.05, 3.63) is 132 Å². The molecule has 33 heavy (non-hydrogen) atoms. The summed E-state index contributed by atoms with van der Waals surface area (Å²) in [5.74, 6) is 1.30. The number of ether oxygens (including phenoxy) is 1. The molecule has 1 atom stereocenters. The van der Waals surface area contributed by atoms with Gasteiger partial charge < -0.3 is 10.1 Å². The smallest absolute Gasteiger partial charge is 0.119 e. The van der Waals surface area contributed by atoms with Crippen LogP contribution in [0.25, 0.3) is 0 Å². The molecular formula is C30H32N2O. The predicted molar refractivity (Wildman–Crippen MR) is 136 cm³/mol. The highest BCUT2D eigenvalue weighted by molar-refractivity contribution is 5.32. The summed E-state index contributed by atoms with van der Waals surface area (Å²) in [7, 11) is 0. The van der Waals surface area contributed by atoms with Crippen molar-refractivity contribution in [2.24, 2.45) is 0 Å². The zero-order valence-electron chi connectivity index (χ0n) is 19.2. The second-order valence-electron chi connectivity index (χ2n) is 8.51. The number of nitrogens with zero attached hydrogens (tertiary/aromatic N) is 1. The summed E-state index contributed by atoms with van der Waals surface area (Å²) < 4.78 is 5.88. The van der Waals surface area contributed by atoms with Crippen molar-refractivity contribution < 1.29 is 4.74 Å². The van der Waals surface area contributed by atoms with E-state index in [1.54, 1.807) is 12.4 Å². The maximum absolute atomic E-state index is 5.88. The van der Waals surface area contributed by atoms with Gasteiger partial charge in [0, 0.05) is 24.4 Å². The number of hydrogen-bond acceptors (Lipinski definition) is 3. The Morgan fingerprint density at radius 3 is 1.94 bits per heavy atom. The van der Waals surface area contributed by atoms with Gasteiger partial charge in [-0.1, -0.05) is 72.8 Å². The summed E-state index contributed by atoms with van der Waals surface area (Å²) in [4.78, 5) is 4.04. The molecule has 1 heterocycles. The molecule has 0 aliphatic heterocycles. The lowest BCUT2D eigenvalue weighted by Crippen LogP contribution is -2.30. The van der Waals surface area contributed by atoms with Crippen molar-refractivity contribution in [2.45, 2.75) is 38.3 Å². The third-order valence-electron chi connectivity index (χ3n) is 5.95. The summed E-state index contributed by atoms with van der Waals surface area (Å²) in [6.45, 7) is 3.79. The van der Waals surface area contributed by atoms with Crippen LogP contribution in [-0.2, 0) is 13.0 Å². The molecule has 0 saturated heterocycles. The number of aromatic nitrogens is 1. The van der Waals surface area contributed by atoms with Crippen molar-refractivity contribution >= 4 is 0 Å². The number of nitrogens with one attached hydrogen (secondary N) is 1. The van der Waals surface area contributed by atoms with Gasteiger partial charge in [0.2, 0.25) is 0 Å². The Hall–Kier alpha value is -3.43. The van der Waals surface area contributed by atoms with Gasteiger partial charge in [-0.25, -0.2) is 0 Å². The maximum atomic E-state index is 5.88. The largest absolute Gasteiger partial charge is 0.489 e. The van der Waals surface area contributed by atoms with Gasteiger partial charge in [-0.05, 0) is 72.8 Å². The van der Waals surface area contributed by atoms with Gasteiger partial charge in [0.15, 0.2) is 0 Å². The SMILES string of the molecule is CC(Cc1ccc(OCc2ccncc2)cc1)NCCC(c1ccccc1)c1ccccc1. The Bertz CT molecular complexity index is 1030. The van der Waals surface area contributed by atoms with E-state index in [0.717, 1.165) is 30.7 Å². The quantitative estimate of drug-likeness (QED) is 0.295. The number of pyridine rings is 1. The third kappa shape index (κ3) is 7.03. The van der Waals surface area contributed by atoms with Gasteiger partial charge in [0.25, 0.3) is 0 Å². The summed E-state index contributed by atoms with van der Waals surface area (Å²) in [6, 6.07) is 34.4. The van der Waals surface area contributed by atoms with E-state index in [-0.39, 0.29) is 0 Å². The zero-order valence-corrected chi connectivity index (χ0v) is 19.2. The minimum Gasteiger partial charge on any atom is -0.489 e. The van der Waals surface area contributed by atoms with Crippen LogP contribution in [0.5, 0.6) is 5.75 Å². The molecule has 1 unspecified atom stereocenters. The first-order valence-corrected chi connectivity index (χ1v) is 11.7. The molecule has 0 aliphatic rings. The van der Waals surface area contributed by atoms with Crippen LogP contribution < -0.4 is 10.1 Å². The highest BCUT2D eigenvalue weighted by Gasteiger charge is 2.14. The second kappa shape index (κ2) is 12.0. The standard InChI is InChI=1S/C30H32N2O/c1-24(22-25-12-14-29(15-13-25)33-23-26-16-19-31-20-17-26)32-21-18-30(27-8-4-2-5-9-27)28-10-6-3-7-11-28/h2-17,19-20,24,30,32H,18,21-23H2,1H3. The third-order valence-corrected chi connectivity index (χ3v) is 5.95. The van der Waals surface area contributed by atoms with E-state index in [0.29, 0.717) is 18.6 Å². The van der Waals surface area contributed by atoms with Gasteiger partial charge in [-0.3, -0.25) is 4.98 Å². The molecule has 0 aliphatic carbocycles. The van der Waals surface area contributed by atoms with Gasteiger partial charge in [0.05, 0.1) is 0 Å².